The van der Waals surface area contributed by atoms with Crippen molar-refractivity contribution in [1.29, 1.82) is 0 Å². The summed E-state index contributed by atoms with van der Waals surface area (Å²) in [6, 6.07) is 8.54. The van der Waals surface area contributed by atoms with Crippen molar-refractivity contribution in [3.8, 4) is 11.5 Å². The van der Waals surface area contributed by atoms with Gasteiger partial charge in [0.15, 0.2) is 0 Å². The molecule has 2 rings (SSSR count). The number of carbonyl (C=O) groups excluding carboxylic acids is 1. The number of halogens is 3. The van der Waals surface area contributed by atoms with Crippen molar-refractivity contribution in [2.24, 2.45) is 5.10 Å². The Labute approximate surface area is 177 Å². The molecule has 0 heterocycles. The summed E-state index contributed by atoms with van der Waals surface area (Å²) >= 11 is 0. The molecular formula is C19H20F3N3O5S. The molecule has 0 bridgehead atoms. The van der Waals surface area contributed by atoms with Gasteiger partial charge in [-0.1, -0.05) is 6.07 Å². The van der Waals surface area contributed by atoms with Crippen LogP contribution in [0.4, 0.5) is 18.9 Å². The van der Waals surface area contributed by atoms with Crippen molar-refractivity contribution in [3.63, 3.8) is 0 Å². The highest BCUT2D eigenvalue weighted by molar-refractivity contribution is 7.92. The average molecular weight is 459 g/mol. The third-order valence-electron chi connectivity index (χ3n) is 3.98. The van der Waals surface area contributed by atoms with Crippen LogP contribution in [0.3, 0.4) is 0 Å². The number of rotatable bonds is 8. The van der Waals surface area contributed by atoms with E-state index in [1.165, 1.54) is 20.4 Å². The number of anilines is 1. The molecule has 0 aliphatic heterocycles. The van der Waals surface area contributed by atoms with Crippen LogP contribution in [-0.4, -0.2) is 47.6 Å². The maximum Gasteiger partial charge on any atom is 0.416 e. The number of carbonyl (C=O) groups is 1. The summed E-state index contributed by atoms with van der Waals surface area (Å²) in [5, 5.41) is 3.74. The summed E-state index contributed by atoms with van der Waals surface area (Å²) in [7, 11) is -1.13. The first kappa shape index (κ1) is 24.0. The Morgan fingerprint density at radius 3 is 2.45 bits per heavy atom. The van der Waals surface area contributed by atoms with Crippen LogP contribution < -0.4 is 19.2 Å². The smallest absolute Gasteiger partial charge is 0.416 e. The van der Waals surface area contributed by atoms with E-state index >= 15 is 0 Å². The molecule has 2 aromatic rings. The molecule has 0 aliphatic rings. The SMILES string of the molecule is COc1ccc(/C=N\NC(=O)CN(c2cccc(C(F)(F)F)c2)S(C)(=O)=O)c(OC)c1. The number of benzene rings is 2. The van der Waals surface area contributed by atoms with Crippen molar-refractivity contribution >= 4 is 27.8 Å². The number of hydrogen-bond acceptors (Lipinski definition) is 6. The predicted molar refractivity (Wildman–Crippen MR) is 109 cm³/mol. The summed E-state index contributed by atoms with van der Waals surface area (Å²) in [4.78, 5) is 12.2. The zero-order chi connectivity index (χ0) is 23.2. The van der Waals surface area contributed by atoms with E-state index in [1.807, 2.05) is 0 Å². The van der Waals surface area contributed by atoms with E-state index in [0.717, 1.165) is 24.5 Å². The Hall–Kier alpha value is -3.28. The van der Waals surface area contributed by atoms with Crippen LogP contribution in [0.15, 0.2) is 47.6 Å². The van der Waals surface area contributed by atoms with Crippen molar-refractivity contribution in [2.45, 2.75) is 6.18 Å². The summed E-state index contributed by atoms with van der Waals surface area (Å²) in [6.07, 6.45) is -2.61. The van der Waals surface area contributed by atoms with Crippen LogP contribution in [0.25, 0.3) is 0 Å². The number of methoxy groups -OCH3 is 2. The first-order chi connectivity index (χ1) is 14.5. The van der Waals surface area contributed by atoms with Crippen molar-refractivity contribution < 1.29 is 35.9 Å². The number of hydrogen-bond donors (Lipinski definition) is 1. The highest BCUT2D eigenvalue weighted by atomic mass is 32.2. The van der Waals surface area contributed by atoms with Gasteiger partial charge in [-0.15, -0.1) is 0 Å². The number of alkyl halides is 3. The minimum Gasteiger partial charge on any atom is -0.497 e. The molecule has 168 valence electrons. The largest absolute Gasteiger partial charge is 0.497 e. The van der Waals surface area contributed by atoms with Crippen molar-refractivity contribution in [2.75, 3.05) is 31.3 Å². The maximum atomic E-state index is 12.9. The first-order valence-electron chi connectivity index (χ1n) is 8.64. The fourth-order valence-electron chi connectivity index (χ4n) is 2.50. The number of ether oxygens (including phenoxy) is 2. The molecule has 31 heavy (non-hydrogen) atoms. The van der Waals surface area contributed by atoms with E-state index in [0.29, 0.717) is 27.4 Å². The van der Waals surface area contributed by atoms with Crippen LogP contribution in [0.5, 0.6) is 11.5 Å². The van der Waals surface area contributed by atoms with Crippen LogP contribution in [0.2, 0.25) is 0 Å². The molecule has 1 N–H and O–H groups in total. The Morgan fingerprint density at radius 1 is 1.16 bits per heavy atom. The van der Waals surface area contributed by atoms with Crippen molar-refractivity contribution in [1.82, 2.24) is 5.43 Å². The van der Waals surface area contributed by atoms with Gasteiger partial charge in [0.05, 0.1) is 37.9 Å². The van der Waals surface area contributed by atoms with Gasteiger partial charge in [0.1, 0.15) is 18.0 Å². The monoisotopic (exact) mass is 459 g/mol. The number of hydrazone groups is 1. The lowest BCUT2D eigenvalue weighted by Crippen LogP contribution is -2.39. The standard InChI is InChI=1S/C19H20F3N3O5S/c1-29-16-8-7-13(17(10-16)30-2)11-23-24-18(26)12-25(31(3,27)28)15-6-4-5-14(9-15)19(20,21)22/h4-11H,12H2,1-3H3,(H,24,26)/b23-11-. The number of nitrogens with zero attached hydrogens (tertiary/aromatic N) is 2. The summed E-state index contributed by atoms with van der Waals surface area (Å²) in [6.45, 7) is -0.767. The highest BCUT2D eigenvalue weighted by Gasteiger charge is 2.32. The van der Waals surface area contributed by atoms with E-state index in [-0.39, 0.29) is 5.69 Å². The Kier molecular flexibility index (Phi) is 7.50. The van der Waals surface area contributed by atoms with Gasteiger partial charge in [0.25, 0.3) is 5.91 Å². The van der Waals surface area contributed by atoms with Gasteiger partial charge in [-0.2, -0.15) is 18.3 Å². The van der Waals surface area contributed by atoms with Gasteiger partial charge in [0, 0.05) is 11.6 Å². The molecule has 0 radical (unpaired) electrons. The van der Waals surface area contributed by atoms with Gasteiger partial charge in [-0.25, -0.2) is 13.8 Å². The molecule has 0 saturated heterocycles. The van der Waals surface area contributed by atoms with Gasteiger partial charge in [-0.3, -0.25) is 9.10 Å². The lowest BCUT2D eigenvalue weighted by molar-refractivity contribution is -0.137. The second-order valence-corrected chi connectivity index (χ2v) is 8.13. The lowest BCUT2D eigenvalue weighted by atomic mass is 10.2. The predicted octanol–water partition coefficient (Wildman–Crippen LogP) is 2.64. The Bertz CT molecular complexity index is 1070. The van der Waals surface area contributed by atoms with E-state index in [9.17, 15) is 26.4 Å². The third kappa shape index (κ3) is 6.60. The highest BCUT2D eigenvalue weighted by Crippen LogP contribution is 2.32. The second kappa shape index (κ2) is 9.69. The summed E-state index contributed by atoms with van der Waals surface area (Å²) in [5.41, 5.74) is 1.31. The molecule has 0 fully saturated rings. The molecule has 8 nitrogen and oxygen atoms in total. The van der Waals surface area contributed by atoms with E-state index in [4.69, 9.17) is 9.47 Å². The second-order valence-electron chi connectivity index (χ2n) is 6.22. The molecule has 0 spiro atoms. The third-order valence-corrected chi connectivity index (χ3v) is 5.12. The average Bonchev–Trinajstić information content (AvgIpc) is 2.70. The molecular weight excluding hydrogens is 439 g/mol. The summed E-state index contributed by atoms with van der Waals surface area (Å²) in [5.74, 6) is 0.105. The zero-order valence-electron chi connectivity index (χ0n) is 16.8. The van der Waals surface area contributed by atoms with Crippen molar-refractivity contribution in [3.05, 3.63) is 53.6 Å². The molecule has 0 aliphatic carbocycles. The number of sulfonamides is 1. The van der Waals surface area contributed by atoms with E-state index in [2.05, 4.69) is 10.5 Å². The fourth-order valence-corrected chi connectivity index (χ4v) is 3.35. The molecule has 0 aromatic heterocycles. The molecule has 2 aromatic carbocycles. The van der Waals surface area contributed by atoms with Crippen LogP contribution >= 0.6 is 0 Å². The first-order valence-corrected chi connectivity index (χ1v) is 10.5. The quantitative estimate of drug-likeness (QED) is 0.484. The topological polar surface area (TPSA) is 97.3 Å². The minimum absolute atomic E-state index is 0.298. The number of nitrogens with one attached hydrogen (secondary N) is 1. The fraction of sp³-hybridized carbons (Fsp3) is 0.263. The minimum atomic E-state index is -4.66. The van der Waals surface area contributed by atoms with Crippen LogP contribution in [0.1, 0.15) is 11.1 Å². The van der Waals surface area contributed by atoms with Gasteiger partial charge in [0.2, 0.25) is 10.0 Å². The Morgan fingerprint density at radius 2 is 1.87 bits per heavy atom. The number of amides is 1. The van der Waals surface area contributed by atoms with Gasteiger partial charge < -0.3 is 9.47 Å². The van der Waals surface area contributed by atoms with Gasteiger partial charge >= 0.3 is 6.18 Å². The van der Waals surface area contributed by atoms with Gasteiger partial charge in [-0.05, 0) is 30.3 Å². The molecule has 0 unspecified atom stereocenters. The van der Waals surface area contributed by atoms with Crippen LogP contribution in [-0.2, 0) is 21.0 Å². The normalized spacial score (nSPS) is 11.9. The molecule has 1 amide bonds. The molecule has 0 atom stereocenters. The lowest BCUT2D eigenvalue weighted by Gasteiger charge is -2.22. The summed E-state index contributed by atoms with van der Waals surface area (Å²) < 4.78 is 73.8. The Balaban J connectivity index is 2.17. The molecule has 12 heteroatoms. The van der Waals surface area contributed by atoms with Crippen LogP contribution in [0, 0.1) is 0 Å². The molecule has 0 saturated carbocycles. The van der Waals surface area contributed by atoms with E-state index in [1.54, 1.807) is 18.2 Å². The van der Waals surface area contributed by atoms with E-state index < -0.39 is 34.2 Å². The zero-order valence-corrected chi connectivity index (χ0v) is 17.6. The maximum absolute atomic E-state index is 12.9.